The van der Waals surface area contributed by atoms with Gasteiger partial charge in [0.1, 0.15) is 5.71 Å². The molecule has 0 spiro atoms. The lowest BCUT2D eigenvalue weighted by atomic mass is 9.97. The van der Waals surface area contributed by atoms with Crippen molar-refractivity contribution < 1.29 is 26.3 Å². The molecule has 0 saturated carbocycles. The van der Waals surface area contributed by atoms with Crippen LogP contribution >= 0.6 is 11.6 Å². The number of hydrogen-bond donors (Lipinski definition) is 0. The van der Waals surface area contributed by atoms with E-state index in [1.54, 1.807) is 0 Å². The topological polar surface area (TPSA) is 15.6 Å². The quantitative estimate of drug-likeness (QED) is 0.503. The molecule has 1 aliphatic rings. The molecule has 0 saturated heterocycles. The fourth-order valence-electron chi connectivity index (χ4n) is 2.47. The molecule has 0 aromatic heterocycles. The predicted octanol–water partition coefficient (Wildman–Crippen LogP) is 5.43. The summed E-state index contributed by atoms with van der Waals surface area (Å²) in [5.41, 5.74) is -2.12. The van der Waals surface area contributed by atoms with Gasteiger partial charge in [-0.1, -0.05) is 41.9 Å². The van der Waals surface area contributed by atoms with Gasteiger partial charge in [0.15, 0.2) is 0 Å². The molecular weight excluding hydrogens is 370 g/mol. The van der Waals surface area contributed by atoms with Crippen LogP contribution in [0.25, 0.3) is 0 Å². The van der Waals surface area contributed by atoms with E-state index in [4.69, 9.17) is 11.6 Å². The second-order valence-corrected chi connectivity index (χ2v) is 5.73. The van der Waals surface area contributed by atoms with E-state index in [0.29, 0.717) is 0 Å². The Kier molecular flexibility index (Phi) is 3.98. The average molecular weight is 379 g/mol. The smallest absolute Gasteiger partial charge is 0.215 e. The van der Waals surface area contributed by atoms with Gasteiger partial charge in [0, 0.05) is 10.6 Å². The summed E-state index contributed by atoms with van der Waals surface area (Å²) in [6.45, 7) is 0. The fraction of sp³-hybridized carbons (Fsp3) is 0.188. The molecule has 9 heteroatoms. The highest BCUT2D eigenvalue weighted by Gasteiger charge is 2.80. The van der Waals surface area contributed by atoms with Crippen LogP contribution in [0.4, 0.5) is 32.0 Å². The predicted molar refractivity (Wildman–Crippen MR) is 81.8 cm³/mol. The van der Waals surface area contributed by atoms with Crippen molar-refractivity contribution in [1.29, 1.82) is 0 Å². The molecular formula is C16H9ClF6N2. The second-order valence-electron chi connectivity index (χ2n) is 5.30. The van der Waals surface area contributed by atoms with Crippen molar-refractivity contribution in [3.63, 3.8) is 0 Å². The summed E-state index contributed by atoms with van der Waals surface area (Å²) in [4.78, 5) is 0. The molecule has 25 heavy (non-hydrogen) atoms. The highest BCUT2D eigenvalue weighted by molar-refractivity contribution is 6.30. The minimum Gasteiger partial charge on any atom is -0.215 e. The number of benzene rings is 2. The summed E-state index contributed by atoms with van der Waals surface area (Å²) >= 11 is 5.64. The number of alkyl halides is 6. The highest BCUT2D eigenvalue weighted by atomic mass is 35.5. The van der Waals surface area contributed by atoms with Crippen molar-refractivity contribution in [2.24, 2.45) is 5.10 Å². The van der Waals surface area contributed by atoms with Gasteiger partial charge in [0.2, 0.25) is 0 Å². The Morgan fingerprint density at radius 3 is 1.96 bits per heavy atom. The number of rotatable bonds is 2. The zero-order valence-corrected chi connectivity index (χ0v) is 13.0. The van der Waals surface area contributed by atoms with Crippen molar-refractivity contribution in [2.75, 3.05) is 5.01 Å². The van der Waals surface area contributed by atoms with Gasteiger partial charge in [-0.2, -0.15) is 31.4 Å². The Hall–Kier alpha value is -2.22. The lowest BCUT2D eigenvalue weighted by Gasteiger charge is -2.35. The van der Waals surface area contributed by atoms with Gasteiger partial charge in [0.05, 0.1) is 5.69 Å². The molecule has 0 N–H and O–H groups in total. The first-order chi connectivity index (χ1) is 11.6. The van der Waals surface area contributed by atoms with Crippen molar-refractivity contribution in [2.45, 2.75) is 17.9 Å². The number of nitrogens with zero attached hydrogens (tertiary/aromatic N) is 2. The zero-order chi connectivity index (χ0) is 18.5. The van der Waals surface area contributed by atoms with Crippen LogP contribution in [0.15, 0.2) is 59.7 Å². The standard InChI is InChI=1S/C16H9ClF6N2/c17-11-6-8-12(9-7-11)25-15(20,16(21,22)23)14(18,19)13(24-25)10-4-2-1-3-5-10/h1-9H. The van der Waals surface area contributed by atoms with Crippen LogP contribution in [-0.2, 0) is 0 Å². The Morgan fingerprint density at radius 1 is 0.880 bits per heavy atom. The third-order valence-corrected chi connectivity index (χ3v) is 3.95. The molecule has 0 bridgehead atoms. The lowest BCUT2D eigenvalue weighted by molar-refractivity contribution is -0.278. The summed E-state index contributed by atoms with van der Waals surface area (Å²) in [5, 5.41) is 3.10. The maximum absolute atomic E-state index is 14.9. The van der Waals surface area contributed by atoms with Gasteiger partial charge >= 0.3 is 17.9 Å². The fourth-order valence-corrected chi connectivity index (χ4v) is 2.60. The van der Waals surface area contributed by atoms with E-state index >= 15 is 0 Å². The summed E-state index contributed by atoms with van der Waals surface area (Å²) in [5.74, 6) is -9.95. The zero-order valence-electron chi connectivity index (χ0n) is 12.2. The van der Waals surface area contributed by atoms with E-state index in [9.17, 15) is 26.3 Å². The third-order valence-electron chi connectivity index (χ3n) is 3.70. The van der Waals surface area contributed by atoms with E-state index in [-0.39, 0.29) is 15.6 Å². The van der Waals surface area contributed by atoms with E-state index < -0.39 is 29.3 Å². The van der Waals surface area contributed by atoms with Gasteiger partial charge < -0.3 is 0 Å². The summed E-state index contributed by atoms with van der Waals surface area (Å²) in [6.07, 6.45) is -5.91. The van der Waals surface area contributed by atoms with Crippen LogP contribution in [-0.4, -0.2) is 23.6 Å². The first-order valence-electron chi connectivity index (χ1n) is 6.93. The Balaban J connectivity index is 2.22. The van der Waals surface area contributed by atoms with Crippen molar-refractivity contribution >= 4 is 23.0 Å². The molecule has 1 unspecified atom stereocenters. The number of anilines is 1. The third kappa shape index (κ3) is 2.55. The van der Waals surface area contributed by atoms with E-state index in [0.717, 1.165) is 36.4 Å². The van der Waals surface area contributed by atoms with Crippen LogP contribution < -0.4 is 5.01 Å². The molecule has 0 amide bonds. The number of hydrogen-bond acceptors (Lipinski definition) is 2. The summed E-state index contributed by atoms with van der Waals surface area (Å²) in [7, 11) is 0. The van der Waals surface area contributed by atoms with Crippen LogP contribution in [0.2, 0.25) is 5.02 Å². The average Bonchev–Trinajstić information content (AvgIpc) is 2.77. The molecule has 3 rings (SSSR count). The SMILES string of the molecule is FC(F)(F)C1(F)N(c2ccc(Cl)cc2)N=C(c2ccccc2)C1(F)F. The van der Waals surface area contributed by atoms with Crippen molar-refractivity contribution in [3.05, 3.63) is 65.2 Å². The normalized spacial score (nSPS) is 22.8. The Labute approximate surface area is 143 Å². The Morgan fingerprint density at radius 2 is 1.44 bits per heavy atom. The molecule has 1 heterocycles. The molecule has 1 aliphatic heterocycles. The van der Waals surface area contributed by atoms with Crippen molar-refractivity contribution in [3.8, 4) is 0 Å². The number of halogens is 7. The molecule has 2 nitrogen and oxygen atoms in total. The molecule has 1 atom stereocenters. The van der Waals surface area contributed by atoms with Gasteiger partial charge in [0.25, 0.3) is 0 Å². The first-order valence-corrected chi connectivity index (χ1v) is 7.30. The lowest BCUT2D eigenvalue weighted by Crippen LogP contribution is -2.63. The molecule has 0 aliphatic carbocycles. The highest BCUT2D eigenvalue weighted by Crippen LogP contribution is 2.54. The molecule has 2 aromatic rings. The minimum absolute atomic E-state index is 0.151. The van der Waals surface area contributed by atoms with Crippen LogP contribution in [0, 0.1) is 0 Å². The van der Waals surface area contributed by atoms with E-state index in [2.05, 4.69) is 5.10 Å². The molecule has 0 fully saturated rings. The maximum Gasteiger partial charge on any atom is 0.450 e. The first kappa shape index (κ1) is 17.6. The number of hydrazone groups is 1. The van der Waals surface area contributed by atoms with Crippen LogP contribution in [0.3, 0.4) is 0 Å². The molecule has 2 aromatic carbocycles. The molecule has 0 radical (unpaired) electrons. The van der Waals surface area contributed by atoms with Crippen molar-refractivity contribution in [1.82, 2.24) is 0 Å². The van der Waals surface area contributed by atoms with Gasteiger partial charge in [-0.05, 0) is 24.3 Å². The van der Waals surface area contributed by atoms with Crippen LogP contribution in [0.5, 0.6) is 0 Å². The maximum atomic E-state index is 14.9. The van der Waals surface area contributed by atoms with E-state index in [1.807, 2.05) is 0 Å². The Bertz CT molecular complexity index is 804. The second kappa shape index (κ2) is 5.66. The van der Waals surface area contributed by atoms with Crippen LogP contribution in [0.1, 0.15) is 5.56 Å². The van der Waals surface area contributed by atoms with Gasteiger partial charge in [-0.25, -0.2) is 5.01 Å². The summed E-state index contributed by atoms with van der Waals surface area (Å²) in [6, 6.07) is 10.7. The van der Waals surface area contributed by atoms with Gasteiger partial charge in [-0.3, -0.25) is 0 Å². The molecule has 132 valence electrons. The monoisotopic (exact) mass is 378 g/mol. The minimum atomic E-state index is -5.91. The summed E-state index contributed by atoms with van der Waals surface area (Å²) < 4.78 is 84.1. The van der Waals surface area contributed by atoms with E-state index in [1.165, 1.54) is 18.2 Å². The largest absolute Gasteiger partial charge is 0.450 e. The van der Waals surface area contributed by atoms with Gasteiger partial charge in [-0.15, -0.1) is 0 Å².